The van der Waals surface area contributed by atoms with Gasteiger partial charge in [-0.1, -0.05) is 135 Å². The molecule has 1 atom stereocenters. The second-order valence-corrected chi connectivity index (χ2v) is 15.5. The van der Waals surface area contributed by atoms with Crippen molar-refractivity contribution in [3.8, 4) is 33.4 Å². The van der Waals surface area contributed by atoms with Crippen LogP contribution < -0.4 is 4.90 Å². The van der Waals surface area contributed by atoms with Crippen LogP contribution in [0, 0.1) is 0 Å². The first-order chi connectivity index (χ1) is 23.4. The Balaban J connectivity index is 1.13. The van der Waals surface area contributed by atoms with Gasteiger partial charge in [0.25, 0.3) is 0 Å². The molecule has 6 aromatic rings. The van der Waals surface area contributed by atoms with E-state index < -0.39 is 0 Å². The first kappa shape index (κ1) is 29.1. The zero-order chi connectivity index (χ0) is 32.5. The Morgan fingerprint density at radius 2 is 1.08 bits per heavy atom. The molecule has 1 nitrogen and oxygen atoms in total. The maximum absolute atomic E-state index is 2.47. The van der Waals surface area contributed by atoms with Crippen LogP contribution in [-0.4, -0.2) is 4.75 Å². The second kappa shape index (κ2) is 11.0. The molecule has 9 rings (SSSR count). The second-order valence-electron chi connectivity index (χ2n) is 13.9. The molecular weight excluding hydrogens is 599 g/mol. The lowest BCUT2D eigenvalue weighted by Gasteiger charge is -2.34. The molecule has 0 spiro atoms. The Morgan fingerprint density at radius 1 is 0.521 bits per heavy atom. The number of nitrogens with zero attached hydrogens (tertiary/aromatic N) is 1. The maximum Gasteiger partial charge on any atom is 0.0469 e. The molecule has 0 bridgehead atoms. The van der Waals surface area contributed by atoms with Gasteiger partial charge in [0.1, 0.15) is 0 Å². The number of hydrogen-bond donors (Lipinski definition) is 0. The fourth-order valence-corrected chi connectivity index (χ4v) is 9.34. The predicted molar refractivity (Wildman–Crippen MR) is 205 cm³/mol. The summed E-state index contributed by atoms with van der Waals surface area (Å²) >= 11 is 2.00. The normalized spacial score (nSPS) is 18.2. The van der Waals surface area contributed by atoms with Crippen LogP contribution in [0.25, 0.3) is 39.0 Å². The zero-order valence-electron chi connectivity index (χ0n) is 27.6. The molecule has 0 fully saturated rings. The number of benzene rings is 6. The van der Waals surface area contributed by atoms with E-state index in [1.165, 1.54) is 77.6 Å². The minimum absolute atomic E-state index is 0.0518. The van der Waals surface area contributed by atoms with E-state index in [4.69, 9.17) is 0 Å². The SMILES string of the molecule is CC12CC=C(N(c3ccc(-c4ccc(-c5ccccc5)cc4)cc3)c3ccc4c(c3)C(C)(C)c3ccccc3-4)C=C1c1ccccc1S2. The molecule has 2 aliphatic carbocycles. The zero-order valence-corrected chi connectivity index (χ0v) is 28.4. The van der Waals surface area contributed by atoms with Crippen LogP contribution in [0.3, 0.4) is 0 Å². The smallest absolute Gasteiger partial charge is 0.0469 e. The van der Waals surface area contributed by atoms with Crippen LogP contribution in [0.5, 0.6) is 0 Å². The largest absolute Gasteiger partial charge is 0.311 e. The molecule has 0 radical (unpaired) electrons. The van der Waals surface area contributed by atoms with Gasteiger partial charge < -0.3 is 4.90 Å². The van der Waals surface area contributed by atoms with Crippen LogP contribution >= 0.6 is 11.8 Å². The van der Waals surface area contributed by atoms with Crippen molar-refractivity contribution in [1.29, 1.82) is 0 Å². The van der Waals surface area contributed by atoms with Crippen molar-refractivity contribution in [2.75, 3.05) is 4.90 Å². The molecule has 6 aromatic carbocycles. The van der Waals surface area contributed by atoms with Gasteiger partial charge in [0.15, 0.2) is 0 Å². The first-order valence-corrected chi connectivity index (χ1v) is 17.7. The number of anilines is 2. The standard InChI is InChI=1S/C46H37NS/c1-45(2)41-15-9-7-13-38(41)39-26-25-36(29-42(39)45)47(37-27-28-46(3)43(30-37)40-14-8-10-16-44(40)48-46)35-23-21-34(22-24-35)33-19-17-32(18-20-33)31-11-5-4-6-12-31/h4-27,29-30H,28H2,1-3H3. The lowest BCUT2D eigenvalue weighted by atomic mass is 9.82. The molecule has 2 heteroatoms. The molecule has 232 valence electrons. The van der Waals surface area contributed by atoms with Crippen LogP contribution in [0.2, 0.25) is 0 Å². The van der Waals surface area contributed by atoms with Gasteiger partial charge in [0, 0.05) is 32.1 Å². The Morgan fingerprint density at radius 3 is 1.81 bits per heavy atom. The van der Waals surface area contributed by atoms with Crippen molar-refractivity contribution in [3.63, 3.8) is 0 Å². The van der Waals surface area contributed by atoms with E-state index in [1.807, 2.05) is 11.8 Å². The van der Waals surface area contributed by atoms with E-state index in [-0.39, 0.29) is 10.2 Å². The van der Waals surface area contributed by atoms with Crippen LogP contribution in [-0.2, 0) is 5.41 Å². The van der Waals surface area contributed by atoms with Crippen LogP contribution in [0.4, 0.5) is 11.4 Å². The summed E-state index contributed by atoms with van der Waals surface area (Å²) in [5.41, 5.74) is 16.7. The quantitative estimate of drug-likeness (QED) is 0.185. The summed E-state index contributed by atoms with van der Waals surface area (Å²) in [7, 11) is 0. The summed E-state index contributed by atoms with van der Waals surface area (Å²) < 4.78 is 0.0518. The number of hydrogen-bond acceptors (Lipinski definition) is 2. The maximum atomic E-state index is 2.47. The van der Waals surface area contributed by atoms with Crippen molar-refractivity contribution in [2.45, 2.75) is 42.2 Å². The van der Waals surface area contributed by atoms with E-state index in [2.05, 4.69) is 183 Å². The van der Waals surface area contributed by atoms with Gasteiger partial charge in [-0.05, 0) is 105 Å². The van der Waals surface area contributed by atoms with Gasteiger partial charge in [-0.15, -0.1) is 11.8 Å². The molecule has 1 aliphatic heterocycles. The summed E-state index contributed by atoms with van der Waals surface area (Å²) in [6, 6.07) is 53.5. The third-order valence-corrected chi connectivity index (χ3v) is 12.0. The van der Waals surface area contributed by atoms with Gasteiger partial charge >= 0.3 is 0 Å². The van der Waals surface area contributed by atoms with Crippen molar-refractivity contribution >= 4 is 28.7 Å². The lowest BCUT2D eigenvalue weighted by molar-refractivity contribution is 0.660. The third kappa shape index (κ3) is 4.62. The lowest BCUT2D eigenvalue weighted by Crippen LogP contribution is -2.25. The Kier molecular flexibility index (Phi) is 6.68. The highest BCUT2D eigenvalue weighted by atomic mass is 32.2. The Labute approximate surface area is 288 Å². The monoisotopic (exact) mass is 635 g/mol. The van der Waals surface area contributed by atoms with Crippen molar-refractivity contribution in [2.24, 2.45) is 0 Å². The molecule has 3 aliphatic rings. The summed E-state index contributed by atoms with van der Waals surface area (Å²) in [5.74, 6) is 0. The van der Waals surface area contributed by atoms with E-state index in [9.17, 15) is 0 Å². The van der Waals surface area contributed by atoms with Gasteiger partial charge in [-0.2, -0.15) is 0 Å². The van der Waals surface area contributed by atoms with Crippen molar-refractivity contribution < 1.29 is 0 Å². The van der Waals surface area contributed by atoms with E-state index in [1.54, 1.807) is 0 Å². The van der Waals surface area contributed by atoms with Gasteiger partial charge in [0.2, 0.25) is 0 Å². The van der Waals surface area contributed by atoms with Crippen molar-refractivity contribution in [1.82, 2.24) is 0 Å². The summed E-state index contributed by atoms with van der Waals surface area (Å²) in [4.78, 5) is 3.85. The third-order valence-electron chi connectivity index (χ3n) is 10.6. The molecule has 1 heterocycles. The highest BCUT2D eigenvalue weighted by Crippen LogP contribution is 2.57. The Hall–Kier alpha value is -5.05. The number of fused-ring (bicyclic) bond motifs is 6. The fraction of sp³-hybridized carbons (Fsp3) is 0.130. The van der Waals surface area contributed by atoms with Gasteiger partial charge in [0.05, 0.1) is 0 Å². The first-order valence-electron chi connectivity index (χ1n) is 16.9. The minimum atomic E-state index is -0.0671. The average Bonchev–Trinajstić information content (AvgIpc) is 3.56. The van der Waals surface area contributed by atoms with E-state index in [0.29, 0.717) is 0 Å². The average molecular weight is 636 g/mol. The summed E-state index contributed by atoms with van der Waals surface area (Å²) in [6.07, 6.45) is 5.88. The summed E-state index contributed by atoms with van der Waals surface area (Å²) in [6.45, 7) is 7.13. The van der Waals surface area contributed by atoms with Gasteiger partial charge in [-0.3, -0.25) is 0 Å². The molecule has 0 amide bonds. The van der Waals surface area contributed by atoms with E-state index in [0.717, 1.165) is 6.42 Å². The summed E-state index contributed by atoms with van der Waals surface area (Å²) in [5, 5.41) is 0. The van der Waals surface area contributed by atoms with Gasteiger partial charge in [-0.25, -0.2) is 0 Å². The predicted octanol–water partition coefficient (Wildman–Crippen LogP) is 12.7. The minimum Gasteiger partial charge on any atom is -0.311 e. The number of thioether (sulfide) groups is 1. The Bertz CT molecular complexity index is 2260. The molecule has 48 heavy (non-hydrogen) atoms. The van der Waals surface area contributed by atoms with E-state index >= 15 is 0 Å². The molecule has 0 saturated heterocycles. The molecule has 0 aromatic heterocycles. The fourth-order valence-electron chi connectivity index (χ4n) is 7.97. The highest BCUT2D eigenvalue weighted by Gasteiger charge is 2.41. The number of rotatable bonds is 5. The molecular formula is C46H37NS. The topological polar surface area (TPSA) is 3.24 Å². The highest BCUT2D eigenvalue weighted by molar-refractivity contribution is 8.01. The van der Waals surface area contributed by atoms with Crippen molar-refractivity contribution in [3.05, 3.63) is 180 Å². The van der Waals surface area contributed by atoms with Crippen LogP contribution in [0.1, 0.15) is 43.9 Å². The molecule has 0 saturated carbocycles. The number of allylic oxidation sites excluding steroid dienone is 2. The molecule has 0 N–H and O–H groups in total. The van der Waals surface area contributed by atoms with Crippen LogP contribution in [0.15, 0.2) is 168 Å². The molecule has 1 unspecified atom stereocenters.